The molecule has 0 spiro atoms. The van der Waals surface area contributed by atoms with Crippen molar-refractivity contribution in [1.82, 2.24) is 33.4 Å². The number of alkyl halides is 6. The van der Waals surface area contributed by atoms with Crippen LogP contribution in [-0.4, -0.2) is 124 Å². The van der Waals surface area contributed by atoms with E-state index in [2.05, 4.69) is 15.3 Å². The molecule has 22 nitrogen and oxygen atoms in total. The molecule has 472 valence electrons. The second-order valence-corrected chi connectivity index (χ2v) is 20.6. The summed E-state index contributed by atoms with van der Waals surface area (Å²) in [4.78, 5) is 128. The number of ketones is 1. The SMILES string of the molecule is C.C1CCNCC1.CC(=O)O.CC(C)=O.CCOC(=O)CN1C(=O)C(=C(C)C)SC1=Nc1cc(-n2c(=O)cc(C(F)(F)F)n(C)c2=O)c(F)cc1Cl.CCOC(=O)CN1C(=O)CSC1=Nc1cc(-n2c(=O)cc(C(F)(F)F)n(C)c2=O)c(F)cc1Cl. The average molecular weight is 1310 g/mol. The molecule has 2 aromatic carbocycles. The van der Waals surface area contributed by atoms with Crippen LogP contribution in [0.4, 0.5) is 46.5 Å². The van der Waals surface area contributed by atoms with Crippen molar-refractivity contribution < 1.29 is 78.5 Å². The fraction of sp³-hybridized carbons (Fsp3) is 0.423. The van der Waals surface area contributed by atoms with E-state index in [1.54, 1.807) is 27.7 Å². The molecule has 0 saturated carbocycles. The van der Waals surface area contributed by atoms with Crippen LogP contribution < -0.4 is 27.8 Å². The van der Waals surface area contributed by atoms with Crippen LogP contribution in [-0.2, 0) is 64.7 Å². The molecule has 3 aliphatic heterocycles. The molecule has 2 amide bonds. The zero-order valence-corrected chi connectivity index (χ0v) is 49.7. The van der Waals surface area contributed by atoms with Gasteiger partial charge in [-0.15, -0.1) is 0 Å². The van der Waals surface area contributed by atoms with Crippen LogP contribution in [0.15, 0.2) is 76.0 Å². The minimum Gasteiger partial charge on any atom is -0.481 e. The molecule has 2 N–H and O–H groups in total. The molecule has 3 fully saturated rings. The lowest BCUT2D eigenvalue weighted by Gasteiger charge is -2.16. The fourth-order valence-corrected chi connectivity index (χ4v) is 9.33. The predicted molar refractivity (Wildman–Crippen MR) is 307 cm³/mol. The summed E-state index contributed by atoms with van der Waals surface area (Å²) in [5, 5.41) is 10.1. The molecule has 86 heavy (non-hydrogen) atoms. The van der Waals surface area contributed by atoms with Gasteiger partial charge in [-0.25, -0.2) is 37.5 Å². The van der Waals surface area contributed by atoms with Gasteiger partial charge in [0.05, 0.1) is 56.7 Å². The van der Waals surface area contributed by atoms with Crippen LogP contribution in [0.5, 0.6) is 0 Å². The van der Waals surface area contributed by atoms with E-state index in [-0.39, 0.29) is 99.2 Å². The molecule has 4 aromatic rings. The van der Waals surface area contributed by atoms with Gasteiger partial charge in [-0.3, -0.25) is 52.5 Å². The number of aliphatic carboxylic acids is 1. The van der Waals surface area contributed by atoms with Crippen molar-refractivity contribution in [3.05, 3.63) is 122 Å². The average Bonchev–Trinajstić information content (AvgIpc) is 1.06. The van der Waals surface area contributed by atoms with E-state index in [0.717, 1.165) is 78.6 Å². The van der Waals surface area contributed by atoms with Gasteiger partial charge in [0.1, 0.15) is 41.9 Å². The summed E-state index contributed by atoms with van der Waals surface area (Å²) in [6.45, 7) is 12.4. The lowest BCUT2D eigenvalue weighted by molar-refractivity contribution is -0.146. The van der Waals surface area contributed by atoms with Crippen molar-refractivity contribution in [3.8, 4) is 11.4 Å². The monoisotopic (exact) mass is 1300 g/mol. The first-order valence-corrected chi connectivity index (χ1v) is 27.3. The number of rotatable bonds is 10. The topological polar surface area (TPSA) is 272 Å². The summed E-state index contributed by atoms with van der Waals surface area (Å²) in [7, 11) is 1.56. The second-order valence-electron chi connectivity index (χ2n) is 17.8. The lowest BCUT2D eigenvalue weighted by Crippen LogP contribution is -2.41. The number of benzene rings is 2. The summed E-state index contributed by atoms with van der Waals surface area (Å²) in [5.41, 5.74) is -9.99. The number of hydrogen-bond acceptors (Lipinski definition) is 17. The Morgan fingerprint density at radius 1 is 0.651 bits per heavy atom. The Morgan fingerprint density at radius 3 is 1.37 bits per heavy atom. The van der Waals surface area contributed by atoms with Gasteiger partial charge in [0.2, 0.25) is 5.91 Å². The van der Waals surface area contributed by atoms with E-state index in [1.807, 2.05) is 0 Å². The molecule has 0 atom stereocenters. The van der Waals surface area contributed by atoms with Gasteiger partial charge in [0, 0.05) is 33.2 Å². The summed E-state index contributed by atoms with van der Waals surface area (Å²) >= 11 is 14.0. The quantitative estimate of drug-likeness (QED) is 0.0858. The van der Waals surface area contributed by atoms with E-state index >= 15 is 0 Å². The van der Waals surface area contributed by atoms with Gasteiger partial charge in [-0.1, -0.05) is 54.4 Å². The Hall–Kier alpha value is -7.42. The molecule has 3 saturated heterocycles. The number of aliphatic imine (C=N–C) groups is 2. The molecule has 7 rings (SSSR count). The third-order valence-electron chi connectivity index (χ3n) is 10.7. The molecule has 0 bridgehead atoms. The second kappa shape index (κ2) is 32.9. The van der Waals surface area contributed by atoms with Crippen molar-refractivity contribution >= 4 is 104 Å². The molecule has 0 radical (unpaired) electrons. The van der Waals surface area contributed by atoms with Crippen LogP contribution in [0, 0.1) is 11.6 Å². The summed E-state index contributed by atoms with van der Waals surface area (Å²) in [6.07, 6.45) is -5.78. The van der Waals surface area contributed by atoms with Crippen molar-refractivity contribution in [2.24, 2.45) is 24.1 Å². The number of nitrogens with one attached hydrogen (secondary N) is 1. The summed E-state index contributed by atoms with van der Waals surface area (Å²) in [6, 6.07) is 3.53. The number of ether oxygens (including phenoxy) is 2. The third kappa shape index (κ3) is 20.6. The van der Waals surface area contributed by atoms with Crippen LogP contribution in [0.3, 0.4) is 0 Å². The molecular weight excluding hydrogens is 1250 g/mol. The first-order valence-electron chi connectivity index (χ1n) is 24.7. The highest BCUT2D eigenvalue weighted by atomic mass is 35.5. The number of nitrogens with zero attached hydrogens (tertiary/aromatic N) is 8. The molecule has 5 heterocycles. The van der Waals surface area contributed by atoms with E-state index in [1.165, 1.54) is 46.2 Å². The molecule has 0 unspecified atom stereocenters. The smallest absolute Gasteiger partial charge is 0.431 e. The van der Waals surface area contributed by atoms with Crippen LogP contribution in [0.25, 0.3) is 11.4 Å². The minimum absolute atomic E-state index is 0. The zero-order valence-electron chi connectivity index (χ0n) is 46.6. The largest absolute Gasteiger partial charge is 0.481 e. The fourth-order valence-electron chi connectivity index (χ4n) is 7.06. The Kier molecular flexibility index (Phi) is 28.6. The molecule has 2 aromatic heterocycles. The molecule has 0 aliphatic carbocycles. The number of amidine groups is 2. The van der Waals surface area contributed by atoms with Gasteiger partial charge in [-0.2, -0.15) is 26.3 Å². The van der Waals surface area contributed by atoms with Crippen molar-refractivity contribution in [1.29, 1.82) is 0 Å². The number of aromatic nitrogens is 4. The first-order chi connectivity index (χ1) is 39.5. The van der Waals surface area contributed by atoms with Crippen molar-refractivity contribution in [3.63, 3.8) is 0 Å². The number of carboxylic acid groups (broad SMARTS) is 1. The maximum atomic E-state index is 14.8. The highest BCUT2D eigenvalue weighted by Gasteiger charge is 2.39. The number of carboxylic acids is 1. The maximum absolute atomic E-state index is 14.8. The number of thioether (sulfide) groups is 2. The standard InChI is InChI=1S/C22H19ClF4N4O5S.C19H15ClF4N4O5S.C5H11N.C3H6O.C2H4O2.CH4/c1-5-36-17(33)9-30-19(34)18(10(2)3)37-20(30)28-13-7-14(12(24)6-11(13)23)31-16(32)8-15(22(25,26)27)29(4)21(31)35;1-3-33-16(31)7-27-15(30)8-34-17(27)25-11-5-12(10(21)4-9(11)20)28-14(29)6-13(19(22,23)24)26(2)18(28)32;1-2-4-6-5-3-1;1-3(2)4;1-2(3)4;/h6-8H,5,9H2,1-4H3;4-6H,3,7-8H2,1-2H3;6H,1-5H2;1-2H3;1H3,(H,3,4);1H4. The van der Waals surface area contributed by atoms with E-state index < -0.39 is 112 Å². The number of allylic oxidation sites excluding steroid dienone is 1. The number of Topliss-reactive ketones (excluding diaryl/α,β-unsaturated/α-hetero) is 1. The van der Waals surface area contributed by atoms with Crippen molar-refractivity contribution in [2.45, 2.75) is 87.5 Å². The third-order valence-corrected chi connectivity index (χ3v) is 13.6. The predicted octanol–water partition coefficient (Wildman–Crippen LogP) is 8.32. The number of amides is 2. The van der Waals surface area contributed by atoms with Crippen LogP contribution in [0.1, 0.15) is 86.5 Å². The van der Waals surface area contributed by atoms with E-state index in [0.29, 0.717) is 5.57 Å². The van der Waals surface area contributed by atoms with Gasteiger partial charge >= 0.3 is 35.7 Å². The maximum Gasteiger partial charge on any atom is 0.431 e. The Bertz CT molecular complexity index is 3530. The Morgan fingerprint density at radius 2 is 1.03 bits per heavy atom. The number of hydrogen-bond donors (Lipinski definition) is 2. The summed E-state index contributed by atoms with van der Waals surface area (Å²) in [5.74, 6) is -5.49. The molecule has 34 heteroatoms. The normalized spacial score (nSPS) is 14.8. The van der Waals surface area contributed by atoms with Gasteiger partial charge < -0.3 is 24.7 Å². The first kappa shape index (κ1) is 74.7. The number of halogens is 10. The zero-order chi connectivity index (χ0) is 64.6. The number of esters is 2. The number of carbonyl (C=O) groups is 6. The van der Waals surface area contributed by atoms with Crippen LogP contribution >= 0.6 is 46.7 Å². The van der Waals surface area contributed by atoms with E-state index in [9.17, 15) is 78.3 Å². The van der Waals surface area contributed by atoms with Gasteiger partial charge in [0.25, 0.3) is 23.0 Å². The molecule has 3 aliphatic rings. The van der Waals surface area contributed by atoms with Crippen molar-refractivity contribution in [2.75, 3.05) is 45.1 Å². The van der Waals surface area contributed by atoms with E-state index in [4.69, 9.17) is 42.6 Å². The Labute approximate surface area is 503 Å². The minimum atomic E-state index is -5.00. The number of piperidine rings is 1. The Balaban J connectivity index is 0.000000475. The van der Waals surface area contributed by atoms with Crippen LogP contribution in [0.2, 0.25) is 10.0 Å². The van der Waals surface area contributed by atoms with Gasteiger partial charge in [0.15, 0.2) is 10.3 Å². The lowest BCUT2D eigenvalue weighted by atomic mass is 10.2. The summed E-state index contributed by atoms with van der Waals surface area (Å²) < 4.78 is 119. The highest BCUT2D eigenvalue weighted by Crippen LogP contribution is 2.38. The van der Waals surface area contributed by atoms with Gasteiger partial charge in [-0.05, 0) is 104 Å². The number of carbonyl (C=O) groups excluding carboxylic acids is 5. The highest BCUT2D eigenvalue weighted by molar-refractivity contribution is 8.18. The molecular formula is C52H59Cl2F8N9O13S2.